The van der Waals surface area contributed by atoms with Crippen molar-refractivity contribution in [2.24, 2.45) is 5.41 Å². The maximum absolute atomic E-state index is 13.3. The molecule has 2 aromatic rings. The van der Waals surface area contributed by atoms with Crippen molar-refractivity contribution in [3.63, 3.8) is 0 Å². The second kappa shape index (κ2) is 7.45. The number of aliphatic hydroxyl groups excluding tert-OH is 1. The minimum Gasteiger partial charge on any atom is -0.503 e. The van der Waals surface area contributed by atoms with Crippen molar-refractivity contribution >= 4 is 17.4 Å². The highest BCUT2D eigenvalue weighted by atomic mass is 16.7. The molecule has 2 aliphatic rings. The van der Waals surface area contributed by atoms with Gasteiger partial charge in [-0.1, -0.05) is 58.9 Å². The van der Waals surface area contributed by atoms with E-state index in [9.17, 15) is 14.7 Å². The van der Waals surface area contributed by atoms with Crippen LogP contribution in [0.2, 0.25) is 0 Å². The number of aliphatic hydroxyl groups is 1. The number of hydrogen-bond donors (Lipinski definition) is 1. The molecule has 2 aliphatic heterocycles. The second-order valence-corrected chi connectivity index (χ2v) is 9.28. The number of rotatable bonds is 4. The van der Waals surface area contributed by atoms with E-state index in [2.05, 4.69) is 13.8 Å². The highest BCUT2D eigenvalue weighted by Crippen LogP contribution is 2.45. The van der Waals surface area contributed by atoms with Gasteiger partial charge < -0.3 is 14.6 Å². The third-order valence-electron chi connectivity index (χ3n) is 5.69. The first-order valence-electron chi connectivity index (χ1n) is 10.4. The highest BCUT2D eigenvalue weighted by Gasteiger charge is 2.46. The first-order chi connectivity index (χ1) is 14.6. The van der Waals surface area contributed by atoms with Crippen LogP contribution in [0.3, 0.4) is 0 Å². The van der Waals surface area contributed by atoms with Crippen molar-refractivity contribution in [3.8, 4) is 11.5 Å². The first kappa shape index (κ1) is 21.0. The van der Waals surface area contributed by atoms with Gasteiger partial charge in [-0.15, -0.1) is 0 Å². The molecule has 6 nitrogen and oxygen atoms in total. The molecule has 1 unspecified atom stereocenters. The van der Waals surface area contributed by atoms with Crippen LogP contribution in [0.4, 0.5) is 5.69 Å². The largest absolute Gasteiger partial charge is 0.503 e. The van der Waals surface area contributed by atoms with Crippen molar-refractivity contribution < 1.29 is 24.2 Å². The molecular formula is C25H27NO5. The van der Waals surface area contributed by atoms with Gasteiger partial charge in [-0.05, 0) is 29.2 Å². The van der Waals surface area contributed by atoms with E-state index in [4.69, 9.17) is 9.47 Å². The third-order valence-corrected chi connectivity index (χ3v) is 5.69. The van der Waals surface area contributed by atoms with Gasteiger partial charge >= 0.3 is 0 Å². The van der Waals surface area contributed by atoms with Crippen LogP contribution in [0, 0.1) is 5.41 Å². The Morgan fingerprint density at radius 3 is 2.32 bits per heavy atom. The maximum atomic E-state index is 13.3. The van der Waals surface area contributed by atoms with Crippen LogP contribution < -0.4 is 14.4 Å². The predicted molar refractivity (Wildman–Crippen MR) is 117 cm³/mol. The van der Waals surface area contributed by atoms with Gasteiger partial charge in [0.15, 0.2) is 23.0 Å². The summed E-state index contributed by atoms with van der Waals surface area (Å²) in [6.45, 7) is 9.66. The van der Waals surface area contributed by atoms with Gasteiger partial charge in [0.25, 0.3) is 5.91 Å². The van der Waals surface area contributed by atoms with E-state index in [0.29, 0.717) is 23.1 Å². The zero-order chi connectivity index (χ0) is 22.5. The fourth-order valence-electron chi connectivity index (χ4n) is 3.92. The van der Waals surface area contributed by atoms with Crippen LogP contribution >= 0.6 is 0 Å². The van der Waals surface area contributed by atoms with Crippen LogP contribution in [-0.4, -0.2) is 23.6 Å². The zero-order valence-electron chi connectivity index (χ0n) is 18.4. The van der Waals surface area contributed by atoms with Crippen molar-refractivity contribution in [1.82, 2.24) is 0 Å². The van der Waals surface area contributed by atoms with Gasteiger partial charge in [-0.25, -0.2) is 0 Å². The van der Waals surface area contributed by atoms with E-state index in [1.165, 1.54) is 4.90 Å². The number of fused-ring (bicyclic) bond motifs is 1. The molecule has 162 valence electrons. The highest BCUT2D eigenvalue weighted by molar-refractivity contribution is 6.17. The molecule has 0 saturated carbocycles. The van der Waals surface area contributed by atoms with Crippen molar-refractivity contribution in [2.75, 3.05) is 11.7 Å². The van der Waals surface area contributed by atoms with Gasteiger partial charge in [-0.3, -0.25) is 14.5 Å². The Hall–Kier alpha value is -3.28. The van der Waals surface area contributed by atoms with E-state index >= 15 is 0 Å². The summed E-state index contributed by atoms with van der Waals surface area (Å²) >= 11 is 0. The Morgan fingerprint density at radius 1 is 1.06 bits per heavy atom. The van der Waals surface area contributed by atoms with Gasteiger partial charge in [0.05, 0.1) is 11.6 Å². The lowest BCUT2D eigenvalue weighted by Crippen LogP contribution is -2.32. The molecule has 31 heavy (non-hydrogen) atoms. The molecule has 1 amide bonds. The average Bonchev–Trinajstić information content (AvgIpc) is 3.29. The molecule has 0 saturated heterocycles. The molecular weight excluding hydrogens is 394 g/mol. The number of Topliss-reactive ketones (excluding diaryl/α,β-unsaturated/α-hetero) is 1. The SMILES string of the molecule is CC(C)c1ccc(C2C(C(=O)C(C)(C)C)=C(O)C(=O)N2c2ccc3c(c2)OCO3)cc1. The van der Waals surface area contributed by atoms with E-state index in [1.54, 1.807) is 39.0 Å². The summed E-state index contributed by atoms with van der Waals surface area (Å²) < 4.78 is 10.8. The molecule has 0 bridgehead atoms. The number of carbonyl (C=O) groups excluding carboxylic acids is 2. The summed E-state index contributed by atoms with van der Waals surface area (Å²) in [7, 11) is 0. The number of anilines is 1. The second-order valence-electron chi connectivity index (χ2n) is 9.28. The normalized spacial score (nSPS) is 18.3. The van der Waals surface area contributed by atoms with Crippen LogP contribution in [0.15, 0.2) is 53.8 Å². The molecule has 1 atom stereocenters. The molecule has 4 rings (SSSR count). The fourth-order valence-corrected chi connectivity index (χ4v) is 3.92. The topological polar surface area (TPSA) is 76.1 Å². The van der Waals surface area contributed by atoms with E-state index in [1.807, 2.05) is 24.3 Å². The molecule has 6 heteroatoms. The monoisotopic (exact) mass is 421 g/mol. The number of ketones is 1. The van der Waals surface area contributed by atoms with Crippen molar-refractivity contribution in [1.29, 1.82) is 0 Å². The summed E-state index contributed by atoms with van der Waals surface area (Å²) in [5.41, 5.74) is 1.79. The van der Waals surface area contributed by atoms with Crippen molar-refractivity contribution in [2.45, 2.75) is 46.6 Å². The summed E-state index contributed by atoms with van der Waals surface area (Å²) in [6, 6.07) is 12.3. The van der Waals surface area contributed by atoms with Crippen LogP contribution in [0.5, 0.6) is 11.5 Å². The number of amides is 1. The molecule has 0 radical (unpaired) electrons. The fraction of sp³-hybridized carbons (Fsp3) is 0.360. The van der Waals surface area contributed by atoms with E-state index in [0.717, 1.165) is 11.1 Å². The summed E-state index contributed by atoms with van der Waals surface area (Å²) in [6.07, 6.45) is 0. The summed E-state index contributed by atoms with van der Waals surface area (Å²) in [4.78, 5) is 28.0. The first-order valence-corrected chi connectivity index (χ1v) is 10.4. The molecule has 1 N–H and O–H groups in total. The maximum Gasteiger partial charge on any atom is 0.294 e. The Kier molecular flexibility index (Phi) is 5.04. The average molecular weight is 421 g/mol. The molecule has 0 aliphatic carbocycles. The minimum atomic E-state index is -0.759. The van der Waals surface area contributed by atoms with Gasteiger partial charge in [-0.2, -0.15) is 0 Å². The molecule has 0 aromatic heterocycles. The third kappa shape index (κ3) is 3.56. The Labute approximate surface area is 182 Å². The van der Waals surface area contributed by atoms with Gasteiger partial charge in [0, 0.05) is 17.2 Å². The lowest BCUT2D eigenvalue weighted by atomic mass is 9.82. The quantitative estimate of drug-likeness (QED) is 0.747. The number of nitrogens with zero attached hydrogens (tertiary/aromatic N) is 1. The standard InChI is InChI=1S/C25H27NO5/c1-14(2)15-6-8-16(9-7-15)21-20(23(28)25(3,4)5)22(27)24(29)26(21)17-10-11-18-19(12-17)31-13-30-18/h6-12,14,21,27H,13H2,1-5H3. The number of ether oxygens (including phenoxy) is 2. The molecule has 0 fully saturated rings. The lowest BCUT2D eigenvalue weighted by molar-refractivity contribution is -0.123. The summed E-state index contributed by atoms with van der Waals surface area (Å²) in [5, 5.41) is 10.8. The van der Waals surface area contributed by atoms with E-state index in [-0.39, 0.29) is 18.1 Å². The minimum absolute atomic E-state index is 0.115. The van der Waals surface area contributed by atoms with Crippen LogP contribution in [0.1, 0.15) is 57.7 Å². The Bertz CT molecular complexity index is 1080. The zero-order valence-corrected chi connectivity index (χ0v) is 18.4. The predicted octanol–water partition coefficient (Wildman–Crippen LogP) is 5.05. The van der Waals surface area contributed by atoms with Gasteiger partial charge in [0.2, 0.25) is 6.79 Å². The molecule has 2 aromatic carbocycles. The van der Waals surface area contributed by atoms with Crippen molar-refractivity contribution in [3.05, 3.63) is 64.9 Å². The van der Waals surface area contributed by atoms with E-state index < -0.39 is 23.1 Å². The smallest absolute Gasteiger partial charge is 0.294 e. The Morgan fingerprint density at radius 2 is 1.71 bits per heavy atom. The van der Waals surface area contributed by atoms with Crippen LogP contribution in [0.25, 0.3) is 0 Å². The molecule has 0 spiro atoms. The summed E-state index contributed by atoms with van der Waals surface area (Å²) in [5.74, 6) is 0.0917. The Balaban J connectivity index is 1.85. The van der Waals surface area contributed by atoms with Gasteiger partial charge in [0.1, 0.15) is 0 Å². The van der Waals surface area contributed by atoms with Crippen LogP contribution in [-0.2, 0) is 9.59 Å². The number of hydrogen-bond acceptors (Lipinski definition) is 5. The molecule has 2 heterocycles. The lowest BCUT2D eigenvalue weighted by Gasteiger charge is -2.29. The number of carbonyl (C=O) groups is 2. The number of benzene rings is 2.